The Kier molecular flexibility index (Phi) is 5.34. The molecular formula is C14H18O2. The summed E-state index contributed by atoms with van der Waals surface area (Å²) < 4.78 is 4.77. The summed E-state index contributed by atoms with van der Waals surface area (Å²) in [6.07, 6.45) is 4.76. The first-order valence-electron chi connectivity index (χ1n) is 5.62. The van der Waals surface area contributed by atoms with Crippen LogP contribution in [-0.2, 0) is 9.53 Å². The molecular weight excluding hydrogens is 200 g/mol. The van der Waals surface area contributed by atoms with Gasteiger partial charge in [0.05, 0.1) is 7.11 Å². The van der Waals surface area contributed by atoms with Crippen LogP contribution in [0.5, 0.6) is 0 Å². The van der Waals surface area contributed by atoms with Crippen LogP contribution in [-0.4, -0.2) is 13.1 Å². The Labute approximate surface area is 96.9 Å². The van der Waals surface area contributed by atoms with Gasteiger partial charge in [-0.1, -0.05) is 43.7 Å². The molecule has 0 N–H and O–H groups in total. The highest BCUT2D eigenvalue weighted by atomic mass is 16.5. The minimum Gasteiger partial charge on any atom is -0.466 e. The summed E-state index contributed by atoms with van der Waals surface area (Å²) in [6, 6.07) is 9.84. The third-order valence-electron chi connectivity index (χ3n) is 2.39. The highest BCUT2D eigenvalue weighted by Gasteiger charge is 2.08. The standard InChI is InChI=1S/C14H18O2/c1-3-4-10-13(14(15)16-2)11-12-8-6-5-7-9-12/h5-9,11H,3-4,10H2,1-2H3. The summed E-state index contributed by atoms with van der Waals surface area (Å²) in [4.78, 5) is 11.5. The van der Waals surface area contributed by atoms with Gasteiger partial charge in [-0.25, -0.2) is 4.79 Å². The van der Waals surface area contributed by atoms with E-state index in [1.165, 1.54) is 7.11 Å². The lowest BCUT2D eigenvalue weighted by Crippen LogP contribution is -2.04. The van der Waals surface area contributed by atoms with Crippen molar-refractivity contribution in [3.63, 3.8) is 0 Å². The second-order valence-corrected chi connectivity index (χ2v) is 3.68. The molecule has 2 heteroatoms. The van der Waals surface area contributed by atoms with Crippen LogP contribution < -0.4 is 0 Å². The maximum Gasteiger partial charge on any atom is 0.333 e. The molecule has 0 spiro atoms. The summed E-state index contributed by atoms with van der Waals surface area (Å²) in [7, 11) is 1.42. The Hall–Kier alpha value is -1.57. The first-order chi connectivity index (χ1) is 7.77. The Bertz CT molecular complexity index is 352. The first kappa shape index (κ1) is 12.5. The normalized spacial score (nSPS) is 11.2. The van der Waals surface area contributed by atoms with Gasteiger partial charge in [0.25, 0.3) is 0 Å². The molecule has 0 aliphatic carbocycles. The van der Waals surface area contributed by atoms with Gasteiger partial charge in [0.15, 0.2) is 0 Å². The predicted molar refractivity (Wildman–Crippen MR) is 66.0 cm³/mol. The number of hydrogen-bond acceptors (Lipinski definition) is 2. The average Bonchev–Trinajstić information content (AvgIpc) is 2.34. The van der Waals surface area contributed by atoms with Gasteiger partial charge >= 0.3 is 5.97 Å². The van der Waals surface area contributed by atoms with Crippen LogP contribution in [0.1, 0.15) is 31.7 Å². The van der Waals surface area contributed by atoms with E-state index in [1.54, 1.807) is 0 Å². The van der Waals surface area contributed by atoms with Crippen molar-refractivity contribution in [1.29, 1.82) is 0 Å². The van der Waals surface area contributed by atoms with Crippen LogP contribution in [0.2, 0.25) is 0 Å². The van der Waals surface area contributed by atoms with E-state index in [-0.39, 0.29) is 5.97 Å². The summed E-state index contributed by atoms with van der Waals surface area (Å²) in [5.41, 5.74) is 1.79. The predicted octanol–water partition coefficient (Wildman–Crippen LogP) is 3.43. The number of esters is 1. The third kappa shape index (κ3) is 3.89. The largest absolute Gasteiger partial charge is 0.466 e. The molecule has 1 aromatic carbocycles. The van der Waals surface area contributed by atoms with Crippen molar-refractivity contribution < 1.29 is 9.53 Å². The SMILES string of the molecule is CCCCC(=Cc1ccccc1)C(=O)OC. The quantitative estimate of drug-likeness (QED) is 0.559. The lowest BCUT2D eigenvalue weighted by molar-refractivity contribution is -0.136. The van der Waals surface area contributed by atoms with E-state index in [2.05, 4.69) is 6.92 Å². The molecule has 0 saturated carbocycles. The molecule has 1 rings (SSSR count). The Balaban J connectivity index is 2.83. The molecule has 0 amide bonds. The van der Waals surface area contributed by atoms with E-state index in [4.69, 9.17) is 4.74 Å². The number of methoxy groups -OCH3 is 1. The summed E-state index contributed by atoms with van der Waals surface area (Å²) in [5.74, 6) is -0.225. The highest BCUT2D eigenvalue weighted by molar-refractivity contribution is 5.93. The second-order valence-electron chi connectivity index (χ2n) is 3.68. The highest BCUT2D eigenvalue weighted by Crippen LogP contribution is 2.14. The molecule has 0 heterocycles. The van der Waals surface area contributed by atoms with Crippen LogP contribution >= 0.6 is 0 Å². The fourth-order valence-electron chi connectivity index (χ4n) is 1.48. The van der Waals surface area contributed by atoms with Crippen LogP contribution in [0.4, 0.5) is 0 Å². The lowest BCUT2D eigenvalue weighted by atomic mass is 10.1. The van der Waals surface area contributed by atoms with Crippen LogP contribution in [0.15, 0.2) is 35.9 Å². The Morgan fingerprint density at radius 2 is 2.00 bits per heavy atom. The lowest BCUT2D eigenvalue weighted by Gasteiger charge is -2.04. The van der Waals surface area contributed by atoms with E-state index in [1.807, 2.05) is 36.4 Å². The summed E-state index contributed by atoms with van der Waals surface area (Å²) in [5, 5.41) is 0. The van der Waals surface area contributed by atoms with Crippen molar-refractivity contribution in [2.45, 2.75) is 26.2 Å². The average molecular weight is 218 g/mol. The van der Waals surface area contributed by atoms with Crippen LogP contribution in [0, 0.1) is 0 Å². The fourth-order valence-corrected chi connectivity index (χ4v) is 1.48. The Morgan fingerprint density at radius 1 is 1.31 bits per heavy atom. The van der Waals surface area contributed by atoms with Crippen molar-refractivity contribution in [1.82, 2.24) is 0 Å². The zero-order valence-electron chi connectivity index (χ0n) is 9.90. The molecule has 0 bridgehead atoms. The number of hydrogen-bond donors (Lipinski definition) is 0. The van der Waals surface area contributed by atoms with Gasteiger partial charge in [-0.3, -0.25) is 0 Å². The molecule has 16 heavy (non-hydrogen) atoms. The molecule has 0 atom stereocenters. The number of carbonyl (C=O) groups excluding carboxylic acids is 1. The molecule has 86 valence electrons. The minimum atomic E-state index is -0.225. The van der Waals surface area contributed by atoms with E-state index in [0.29, 0.717) is 0 Å². The van der Waals surface area contributed by atoms with Gasteiger partial charge in [0.1, 0.15) is 0 Å². The second kappa shape index (κ2) is 6.83. The maximum atomic E-state index is 11.5. The molecule has 0 aliphatic rings. The Morgan fingerprint density at radius 3 is 2.56 bits per heavy atom. The van der Waals surface area contributed by atoms with Crippen molar-refractivity contribution >= 4 is 12.0 Å². The molecule has 0 aliphatic heterocycles. The third-order valence-corrected chi connectivity index (χ3v) is 2.39. The van der Waals surface area contributed by atoms with Crippen molar-refractivity contribution in [3.8, 4) is 0 Å². The van der Waals surface area contributed by atoms with Gasteiger partial charge in [-0.2, -0.15) is 0 Å². The van der Waals surface area contributed by atoms with Gasteiger partial charge in [-0.05, 0) is 24.5 Å². The molecule has 0 saturated heterocycles. The van der Waals surface area contributed by atoms with Crippen molar-refractivity contribution in [2.24, 2.45) is 0 Å². The van der Waals surface area contributed by atoms with Gasteiger partial charge in [-0.15, -0.1) is 0 Å². The van der Waals surface area contributed by atoms with Crippen LogP contribution in [0.25, 0.3) is 6.08 Å². The number of benzene rings is 1. The number of ether oxygens (including phenoxy) is 1. The zero-order valence-corrected chi connectivity index (χ0v) is 9.90. The topological polar surface area (TPSA) is 26.3 Å². The van der Waals surface area contributed by atoms with Crippen molar-refractivity contribution in [3.05, 3.63) is 41.5 Å². The molecule has 0 fully saturated rings. The minimum absolute atomic E-state index is 0.225. The molecule has 0 unspecified atom stereocenters. The van der Waals surface area contributed by atoms with E-state index < -0.39 is 0 Å². The van der Waals surface area contributed by atoms with Crippen molar-refractivity contribution in [2.75, 3.05) is 7.11 Å². The molecule has 1 aromatic rings. The molecule has 2 nitrogen and oxygen atoms in total. The van der Waals surface area contributed by atoms with Gasteiger partial charge in [0.2, 0.25) is 0 Å². The zero-order chi connectivity index (χ0) is 11.8. The molecule has 0 radical (unpaired) electrons. The number of unbranched alkanes of at least 4 members (excludes halogenated alkanes) is 1. The maximum absolute atomic E-state index is 11.5. The molecule has 0 aromatic heterocycles. The number of carbonyl (C=O) groups is 1. The monoisotopic (exact) mass is 218 g/mol. The summed E-state index contributed by atoms with van der Waals surface area (Å²) >= 11 is 0. The van der Waals surface area contributed by atoms with E-state index in [9.17, 15) is 4.79 Å². The first-order valence-corrected chi connectivity index (χ1v) is 5.62. The smallest absolute Gasteiger partial charge is 0.333 e. The van der Waals surface area contributed by atoms with E-state index >= 15 is 0 Å². The van der Waals surface area contributed by atoms with Gasteiger partial charge < -0.3 is 4.74 Å². The van der Waals surface area contributed by atoms with E-state index in [0.717, 1.165) is 30.4 Å². The van der Waals surface area contributed by atoms with Crippen LogP contribution in [0.3, 0.4) is 0 Å². The fraction of sp³-hybridized carbons (Fsp3) is 0.357. The van der Waals surface area contributed by atoms with Gasteiger partial charge in [0, 0.05) is 5.57 Å². The summed E-state index contributed by atoms with van der Waals surface area (Å²) in [6.45, 7) is 2.11. The number of rotatable bonds is 5.